The van der Waals surface area contributed by atoms with Crippen molar-refractivity contribution in [2.24, 2.45) is 0 Å². The largest absolute Gasteiger partial charge is 0.423 e. The Morgan fingerprint density at radius 2 is 2.10 bits per heavy atom. The van der Waals surface area contributed by atoms with Crippen LogP contribution in [0.5, 0.6) is 0 Å². The van der Waals surface area contributed by atoms with Gasteiger partial charge in [0.05, 0.1) is 0 Å². The van der Waals surface area contributed by atoms with Gasteiger partial charge in [-0.15, -0.1) is 10.2 Å². The van der Waals surface area contributed by atoms with Gasteiger partial charge in [-0.25, -0.2) is 4.79 Å². The Hall–Kier alpha value is -2.37. The summed E-state index contributed by atoms with van der Waals surface area (Å²) in [6.45, 7) is 0. The zero-order chi connectivity index (χ0) is 14.5. The normalized spacial score (nSPS) is 15.6. The van der Waals surface area contributed by atoms with Crippen LogP contribution in [0.3, 0.4) is 0 Å². The summed E-state index contributed by atoms with van der Waals surface area (Å²) < 4.78 is 5.15. The molecule has 3 rings (SSSR count). The third kappa shape index (κ3) is 3.59. The monoisotopic (exact) mass is 286 g/mol. The van der Waals surface area contributed by atoms with Gasteiger partial charge in [-0.1, -0.05) is 25.3 Å². The Labute approximate surface area is 123 Å². The summed E-state index contributed by atoms with van der Waals surface area (Å²) in [5.41, 5.74) is 1.49. The molecule has 1 fully saturated rings. The van der Waals surface area contributed by atoms with E-state index in [-0.39, 0.29) is 12.1 Å². The van der Waals surface area contributed by atoms with Gasteiger partial charge in [0.25, 0.3) is 0 Å². The highest BCUT2D eigenvalue weighted by molar-refractivity contribution is 5.90. The van der Waals surface area contributed by atoms with E-state index in [1.54, 1.807) is 0 Å². The van der Waals surface area contributed by atoms with Crippen molar-refractivity contribution in [2.45, 2.75) is 38.1 Å². The molecule has 21 heavy (non-hydrogen) atoms. The van der Waals surface area contributed by atoms with Crippen molar-refractivity contribution in [1.29, 1.82) is 0 Å². The first-order chi connectivity index (χ1) is 10.3. The van der Waals surface area contributed by atoms with Crippen LogP contribution in [0.15, 0.2) is 35.1 Å². The van der Waals surface area contributed by atoms with Crippen molar-refractivity contribution < 1.29 is 9.21 Å². The molecule has 2 amide bonds. The Bertz CT molecular complexity index is 591. The van der Waals surface area contributed by atoms with Crippen molar-refractivity contribution in [3.8, 4) is 11.5 Å². The predicted molar refractivity (Wildman–Crippen MR) is 78.8 cm³/mol. The van der Waals surface area contributed by atoms with E-state index >= 15 is 0 Å². The minimum absolute atomic E-state index is 0.162. The number of carbonyl (C=O) groups excluding carboxylic acids is 1. The second-order valence-corrected chi connectivity index (χ2v) is 5.26. The SMILES string of the molecule is O=C(Nc1cccc(-c2nnco2)c1)NC1CCCCC1. The number of nitrogens with one attached hydrogen (secondary N) is 2. The lowest BCUT2D eigenvalue weighted by Crippen LogP contribution is -2.39. The molecule has 6 nitrogen and oxygen atoms in total. The van der Waals surface area contributed by atoms with E-state index in [4.69, 9.17) is 4.42 Å². The van der Waals surface area contributed by atoms with E-state index in [2.05, 4.69) is 20.8 Å². The molecule has 1 aromatic carbocycles. The zero-order valence-corrected chi connectivity index (χ0v) is 11.7. The number of carbonyl (C=O) groups is 1. The van der Waals surface area contributed by atoms with E-state index < -0.39 is 0 Å². The standard InChI is InChI=1S/C15H18N4O2/c20-15(17-12-6-2-1-3-7-12)18-13-8-4-5-11(9-13)14-19-16-10-21-14/h4-5,8-10,12H,1-3,6-7H2,(H2,17,18,20). The summed E-state index contributed by atoms with van der Waals surface area (Å²) in [4.78, 5) is 12.0. The van der Waals surface area contributed by atoms with Crippen LogP contribution in [0.25, 0.3) is 11.5 Å². The van der Waals surface area contributed by atoms with Gasteiger partial charge in [-0.05, 0) is 31.0 Å². The molecule has 0 atom stereocenters. The number of hydrogen-bond donors (Lipinski definition) is 2. The number of rotatable bonds is 3. The molecule has 1 aliphatic carbocycles. The molecule has 6 heteroatoms. The summed E-state index contributed by atoms with van der Waals surface area (Å²) in [7, 11) is 0. The van der Waals surface area contributed by atoms with Gasteiger partial charge in [0.1, 0.15) is 0 Å². The molecule has 2 aromatic rings. The van der Waals surface area contributed by atoms with E-state index in [0.29, 0.717) is 11.6 Å². The molecule has 0 saturated heterocycles. The molecular weight excluding hydrogens is 268 g/mol. The molecular formula is C15H18N4O2. The first-order valence-corrected chi connectivity index (χ1v) is 7.25. The molecule has 1 aliphatic rings. The average Bonchev–Trinajstić information content (AvgIpc) is 3.02. The topological polar surface area (TPSA) is 80.1 Å². The quantitative estimate of drug-likeness (QED) is 0.908. The van der Waals surface area contributed by atoms with E-state index in [1.165, 1.54) is 25.7 Å². The first kappa shape index (κ1) is 13.6. The maximum absolute atomic E-state index is 12.0. The molecule has 1 saturated carbocycles. The third-order valence-corrected chi connectivity index (χ3v) is 3.67. The van der Waals surface area contributed by atoms with Crippen LogP contribution in [0.4, 0.5) is 10.5 Å². The van der Waals surface area contributed by atoms with Crippen LogP contribution >= 0.6 is 0 Å². The highest BCUT2D eigenvalue weighted by Gasteiger charge is 2.15. The minimum atomic E-state index is -0.162. The Kier molecular flexibility index (Phi) is 4.14. The Morgan fingerprint density at radius 3 is 2.86 bits per heavy atom. The third-order valence-electron chi connectivity index (χ3n) is 3.67. The fraction of sp³-hybridized carbons (Fsp3) is 0.400. The molecule has 0 unspecified atom stereocenters. The van der Waals surface area contributed by atoms with Crippen molar-refractivity contribution >= 4 is 11.7 Å². The molecule has 110 valence electrons. The van der Waals surface area contributed by atoms with E-state index in [0.717, 1.165) is 18.4 Å². The number of amides is 2. The van der Waals surface area contributed by atoms with Crippen molar-refractivity contribution in [1.82, 2.24) is 15.5 Å². The van der Waals surface area contributed by atoms with Crippen molar-refractivity contribution in [2.75, 3.05) is 5.32 Å². The number of benzene rings is 1. The minimum Gasteiger partial charge on any atom is -0.423 e. The van der Waals surface area contributed by atoms with E-state index in [1.807, 2.05) is 24.3 Å². The maximum Gasteiger partial charge on any atom is 0.319 e. The fourth-order valence-electron chi connectivity index (χ4n) is 2.63. The van der Waals surface area contributed by atoms with Crippen LogP contribution in [0.1, 0.15) is 32.1 Å². The Morgan fingerprint density at radius 1 is 1.24 bits per heavy atom. The summed E-state index contributed by atoms with van der Waals surface area (Å²) >= 11 is 0. The second kappa shape index (κ2) is 6.39. The molecule has 1 heterocycles. The van der Waals surface area contributed by atoms with Gasteiger partial charge in [-0.3, -0.25) is 0 Å². The number of aromatic nitrogens is 2. The smallest absolute Gasteiger partial charge is 0.319 e. The van der Waals surface area contributed by atoms with Crippen molar-refractivity contribution in [3.05, 3.63) is 30.7 Å². The average molecular weight is 286 g/mol. The summed E-state index contributed by atoms with van der Waals surface area (Å²) in [6.07, 6.45) is 7.07. The van der Waals surface area contributed by atoms with E-state index in [9.17, 15) is 4.79 Å². The predicted octanol–water partition coefficient (Wildman–Crippen LogP) is 3.19. The highest BCUT2D eigenvalue weighted by Crippen LogP contribution is 2.21. The lowest BCUT2D eigenvalue weighted by Gasteiger charge is -2.22. The lowest BCUT2D eigenvalue weighted by atomic mass is 9.96. The second-order valence-electron chi connectivity index (χ2n) is 5.26. The maximum atomic E-state index is 12.0. The summed E-state index contributed by atoms with van der Waals surface area (Å²) in [5, 5.41) is 13.4. The molecule has 0 spiro atoms. The van der Waals surface area contributed by atoms with Gasteiger partial charge in [0.15, 0.2) is 0 Å². The van der Waals surface area contributed by atoms with Crippen molar-refractivity contribution in [3.63, 3.8) is 0 Å². The van der Waals surface area contributed by atoms with Gasteiger partial charge in [-0.2, -0.15) is 0 Å². The van der Waals surface area contributed by atoms with Crippen LogP contribution in [0.2, 0.25) is 0 Å². The summed E-state index contributed by atoms with van der Waals surface area (Å²) in [6, 6.07) is 7.48. The van der Waals surface area contributed by atoms with Gasteiger partial charge >= 0.3 is 6.03 Å². The molecule has 0 bridgehead atoms. The zero-order valence-electron chi connectivity index (χ0n) is 11.7. The molecule has 2 N–H and O–H groups in total. The van der Waals surface area contributed by atoms with Gasteiger partial charge < -0.3 is 15.1 Å². The van der Waals surface area contributed by atoms with Crippen LogP contribution in [-0.2, 0) is 0 Å². The van der Waals surface area contributed by atoms with Gasteiger partial charge in [0, 0.05) is 17.3 Å². The number of urea groups is 1. The van der Waals surface area contributed by atoms with Crippen LogP contribution < -0.4 is 10.6 Å². The molecule has 0 radical (unpaired) electrons. The fourth-order valence-corrected chi connectivity index (χ4v) is 2.63. The Balaban J connectivity index is 1.62. The summed E-state index contributed by atoms with van der Waals surface area (Å²) in [5.74, 6) is 0.436. The van der Waals surface area contributed by atoms with Crippen LogP contribution in [-0.4, -0.2) is 22.3 Å². The number of nitrogens with zero attached hydrogens (tertiary/aromatic N) is 2. The lowest BCUT2D eigenvalue weighted by molar-refractivity contribution is 0.244. The first-order valence-electron chi connectivity index (χ1n) is 7.25. The highest BCUT2D eigenvalue weighted by atomic mass is 16.4. The van der Waals surface area contributed by atoms with Crippen LogP contribution in [0, 0.1) is 0 Å². The molecule has 0 aliphatic heterocycles. The van der Waals surface area contributed by atoms with Gasteiger partial charge in [0.2, 0.25) is 12.3 Å². The molecule has 1 aromatic heterocycles. The number of hydrogen-bond acceptors (Lipinski definition) is 4. The number of anilines is 1.